The van der Waals surface area contributed by atoms with Gasteiger partial charge in [-0.2, -0.15) is 0 Å². The summed E-state index contributed by atoms with van der Waals surface area (Å²) < 4.78 is 27.2. The summed E-state index contributed by atoms with van der Waals surface area (Å²) in [5.74, 6) is 0.616. The molecule has 5 nitrogen and oxygen atoms in total. The number of hydrogen-bond acceptors (Lipinski definition) is 4. The van der Waals surface area contributed by atoms with Crippen molar-refractivity contribution in [2.45, 2.75) is 13.8 Å². The predicted molar refractivity (Wildman–Crippen MR) is 62.2 cm³/mol. The number of primary sulfonamides is 1. The molecule has 88 valence electrons. The second-order valence-corrected chi connectivity index (χ2v) is 5.01. The molecule has 0 spiro atoms. The van der Waals surface area contributed by atoms with Crippen molar-refractivity contribution in [3.05, 3.63) is 28.9 Å². The molecule has 0 aliphatic heterocycles. The van der Waals surface area contributed by atoms with Crippen LogP contribution >= 0.6 is 0 Å². The van der Waals surface area contributed by atoms with Gasteiger partial charge in [-0.05, 0) is 31.6 Å². The number of rotatable bonds is 3. The molecule has 1 heterocycles. The summed E-state index contributed by atoms with van der Waals surface area (Å²) in [7, 11) is -2.12. The Morgan fingerprint density at radius 1 is 1.38 bits per heavy atom. The van der Waals surface area contributed by atoms with Gasteiger partial charge in [0.1, 0.15) is 5.75 Å². The van der Waals surface area contributed by atoms with Crippen LogP contribution in [0.5, 0.6) is 5.75 Å². The molecule has 0 aliphatic rings. The summed E-state index contributed by atoms with van der Waals surface area (Å²) in [5.41, 5.74) is 1.09. The van der Waals surface area contributed by atoms with Crippen molar-refractivity contribution in [2.75, 3.05) is 7.11 Å². The quantitative estimate of drug-likeness (QED) is 0.861. The fourth-order valence-electron chi connectivity index (χ4n) is 1.12. The molecule has 1 rings (SSSR count). The van der Waals surface area contributed by atoms with Crippen LogP contribution in [0.2, 0.25) is 0 Å². The molecule has 0 bridgehead atoms. The van der Waals surface area contributed by atoms with Gasteiger partial charge >= 0.3 is 0 Å². The number of pyridine rings is 1. The van der Waals surface area contributed by atoms with Crippen LogP contribution in [-0.4, -0.2) is 20.5 Å². The summed E-state index contributed by atoms with van der Waals surface area (Å²) in [6, 6.07) is 3.39. The first-order valence-corrected chi connectivity index (χ1v) is 6.11. The molecule has 1 aromatic heterocycles. The molecule has 16 heavy (non-hydrogen) atoms. The van der Waals surface area contributed by atoms with Crippen molar-refractivity contribution in [2.24, 2.45) is 5.14 Å². The highest BCUT2D eigenvalue weighted by molar-refractivity contribution is 7.93. The first kappa shape index (κ1) is 12.7. The molecular formula is C10H14N2O3S. The minimum atomic E-state index is -3.66. The van der Waals surface area contributed by atoms with E-state index in [1.165, 1.54) is 20.2 Å². The van der Waals surface area contributed by atoms with E-state index in [1.54, 1.807) is 19.1 Å². The molecule has 0 saturated carbocycles. The van der Waals surface area contributed by atoms with Crippen molar-refractivity contribution in [3.63, 3.8) is 0 Å². The molecule has 0 saturated heterocycles. The number of sulfonamides is 1. The molecule has 0 amide bonds. The lowest BCUT2D eigenvalue weighted by molar-refractivity contribution is 0.413. The molecule has 0 radical (unpaired) electrons. The SMILES string of the molecule is COc1ccc(/C(C)=C(\C)S(N)(=O)=O)nc1. The third-order valence-electron chi connectivity index (χ3n) is 2.31. The van der Waals surface area contributed by atoms with Crippen molar-refractivity contribution in [1.82, 2.24) is 4.98 Å². The van der Waals surface area contributed by atoms with Crippen molar-refractivity contribution < 1.29 is 13.2 Å². The van der Waals surface area contributed by atoms with E-state index < -0.39 is 10.0 Å². The standard InChI is InChI=1S/C10H14N2O3S/c1-7(8(2)16(11,13)14)10-5-4-9(15-3)6-12-10/h4-6H,1-3H3,(H2,11,13,14)/b8-7+. The van der Waals surface area contributed by atoms with Crippen LogP contribution in [0.3, 0.4) is 0 Å². The summed E-state index contributed by atoms with van der Waals surface area (Å²) >= 11 is 0. The van der Waals surface area contributed by atoms with Crippen LogP contribution in [-0.2, 0) is 10.0 Å². The molecule has 0 aromatic carbocycles. The van der Waals surface area contributed by atoms with Gasteiger partial charge in [0.2, 0.25) is 10.0 Å². The monoisotopic (exact) mass is 242 g/mol. The molecule has 0 atom stereocenters. The largest absolute Gasteiger partial charge is 0.495 e. The van der Waals surface area contributed by atoms with Gasteiger partial charge in [0.15, 0.2) is 0 Å². The first-order valence-electron chi connectivity index (χ1n) is 4.57. The van der Waals surface area contributed by atoms with Crippen LogP contribution in [0.1, 0.15) is 19.5 Å². The van der Waals surface area contributed by atoms with Gasteiger partial charge in [-0.1, -0.05) is 0 Å². The second-order valence-electron chi connectivity index (χ2n) is 3.31. The van der Waals surface area contributed by atoms with Gasteiger partial charge in [0, 0.05) is 0 Å². The number of aromatic nitrogens is 1. The van der Waals surface area contributed by atoms with E-state index in [9.17, 15) is 8.42 Å². The van der Waals surface area contributed by atoms with E-state index >= 15 is 0 Å². The van der Waals surface area contributed by atoms with Crippen LogP contribution in [0, 0.1) is 0 Å². The Morgan fingerprint density at radius 3 is 2.38 bits per heavy atom. The van der Waals surface area contributed by atoms with Gasteiger partial charge in [-0.15, -0.1) is 0 Å². The van der Waals surface area contributed by atoms with Crippen LogP contribution in [0.4, 0.5) is 0 Å². The lowest BCUT2D eigenvalue weighted by Gasteiger charge is -2.06. The van der Waals surface area contributed by atoms with Crippen LogP contribution in [0.25, 0.3) is 5.57 Å². The average molecular weight is 242 g/mol. The van der Waals surface area contributed by atoms with Crippen LogP contribution < -0.4 is 9.88 Å². The summed E-state index contributed by atoms with van der Waals surface area (Å²) in [5, 5.41) is 5.04. The normalized spacial score (nSPS) is 13.2. The Bertz CT molecular complexity index is 503. The maximum Gasteiger partial charge on any atom is 0.234 e. The Morgan fingerprint density at radius 2 is 2.00 bits per heavy atom. The van der Waals surface area contributed by atoms with Crippen LogP contribution in [0.15, 0.2) is 23.2 Å². The Balaban J connectivity index is 3.19. The number of nitrogens with zero attached hydrogens (tertiary/aromatic N) is 1. The minimum absolute atomic E-state index is 0.116. The topological polar surface area (TPSA) is 82.3 Å². The number of hydrogen-bond donors (Lipinski definition) is 1. The van der Waals surface area contributed by atoms with E-state index in [4.69, 9.17) is 9.88 Å². The highest BCUT2D eigenvalue weighted by Crippen LogP contribution is 2.20. The second kappa shape index (κ2) is 4.63. The third-order valence-corrected chi connectivity index (χ3v) is 3.47. The average Bonchev–Trinajstić information content (AvgIpc) is 2.26. The van der Waals surface area contributed by atoms with Crippen molar-refractivity contribution >= 4 is 15.6 Å². The van der Waals surface area contributed by atoms with E-state index in [0.717, 1.165) is 0 Å². The third kappa shape index (κ3) is 2.80. The van der Waals surface area contributed by atoms with E-state index in [0.29, 0.717) is 17.0 Å². The molecule has 2 N–H and O–H groups in total. The summed E-state index contributed by atoms with van der Waals surface area (Å²) in [4.78, 5) is 4.20. The Hall–Kier alpha value is -1.40. The first-order chi connectivity index (χ1) is 7.36. The zero-order valence-corrected chi connectivity index (χ0v) is 10.2. The highest BCUT2D eigenvalue weighted by Gasteiger charge is 2.11. The predicted octanol–water partition coefficient (Wildman–Crippen LogP) is 1.13. The number of nitrogens with two attached hydrogens (primary N) is 1. The smallest absolute Gasteiger partial charge is 0.234 e. The van der Waals surface area contributed by atoms with Gasteiger partial charge < -0.3 is 4.74 Å². The van der Waals surface area contributed by atoms with E-state index in [-0.39, 0.29) is 4.91 Å². The number of methoxy groups -OCH3 is 1. The zero-order chi connectivity index (χ0) is 12.3. The fourth-order valence-corrected chi connectivity index (χ4v) is 1.65. The summed E-state index contributed by atoms with van der Waals surface area (Å²) in [6.07, 6.45) is 1.52. The van der Waals surface area contributed by atoms with Gasteiger partial charge in [-0.25, -0.2) is 13.6 Å². The van der Waals surface area contributed by atoms with E-state index in [1.807, 2.05) is 0 Å². The lowest BCUT2D eigenvalue weighted by Crippen LogP contribution is -2.14. The molecule has 6 heteroatoms. The van der Waals surface area contributed by atoms with Gasteiger partial charge in [0.05, 0.1) is 23.9 Å². The molecule has 1 aromatic rings. The lowest BCUT2D eigenvalue weighted by atomic mass is 10.2. The summed E-state index contributed by atoms with van der Waals surface area (Å²) in [6.45, 7) is 3.12. The fraction of sp³-hybridized carbons (Fsp3) is 0.300. The zero-order valence-electron chi connectivity index (χ0n) is 9.39. The van der Waals surface area contributed by atoms with E-state index in [2.05, 4.69) is 4.98 Å². The minimum Gasteiger partial charge on any atom is -0.495 e. The molecular weight excluding hydrogens is 228 g/mol. The highest BCUT2D eigenvalue weighted by atomic mass is 32.2. The molecule has 0 fully saturated rings. The number of allylic oxidation sites excluding steroid dienone is 2. The molecule has 0 aliphatic carbocycles. The van der Waals surface area contributed by atoms with Gasteiger partial charge in [0.25, 0.3) is 0 Å². The van der Waals surface area contributed by atoms with Gasteiger partial charge in [-0.3, -0.25) is 4.98 Å². The molecule has 0 unspecified atom stereocenters. The van der Waals surface area contributed by atoms with Crippen molar-refractivity contribution in [1.29, 1.82) is 0 Å². The maximum absolute atomic E-state index is 11.1. The number of ether oxygens (including phenoxy) is 1. The Labute approximate surface area is 95.0 Å². The van der Waals surface area contributed by atoms with Crippen molar-refractivity contribution in [3.8, 4) is 5.75 Å². The maximum atomic E-state index is 11.1. The Kier molecular flexibility index (Phi) is 3.66.